The van der Waals surface area contributed by atoms with Crippen LogP contribution in [0, 0.1) is 0 Å². The van der Waals surface area contributed by atoms with Crippen molar-refractivity contribution in [3.05, 3.63) is 30.1 Å². The van der Waals surface area contributed by atoms with Crippen LogP contribution < -0.4 is 0 Å². The van der Waals surface area contributed by atoms with Gasteiger partial charge in [-0.25, -0.2) is 0 Å². The monoisotopic (exact) mass is 233 g/mol. The Morgan fingerprint density at radius 1 is 1.44 bits per heavy atom. The van der Waals surface area contributed by atoms with Gasteiger partial charge in [0.25, 0.3) is 0 Å². The number of ether oxygens (including phenoxy) is 1. The maximum absolute atomic E-state index is 11.7. The number of alkyl halides is 3. The van der Waals surface area contributed by atoms with E-state index in [1.165, 1.54) is 6.20 Å². The van der Waals surface area contributed by atoms with Gasteiger partial charge in [-0.1, -0.05) is 6.07 Å². The largest absolute Gasteiger partial charge is 0.411 e. The number of carbonyl (C=O) groups excluding carboxylic acids is 1. The Balaban J connectivity index is 2.27. The molecule has 0 spiro atoms. The molecule has 0 aromatic carbocycles. The molecule has 0 fully saturated rings. The first-order valence-electron chi connectivity index (χ1n) is 4.52. The topological polar surface area (TPSA) is 39.2 Å². The van der Waals surface area contributed by atoms with Gasteiger partial charge in [0.2, 0.25) is 0 Å². The van der Waals surface area contributed by atoms with Gasteiger partial charge in [0.15, 0.2) is 5.78 Å². The molecule has 0 radical (unpaired) electrons. The molecule has 0 saturated carbocycles. The van der Waals surface area contributed by atoms with Crippen molar-refractivity contribution in [1.82, 2.24) is 4.98 Å². The summed E-state index contributed by atoms with van der Waals surface area (Å²) in [6.07, 6.45) is -1.32. The summed E-state index contributed by atoms with van der Waals surface area (Å²) in [4.78, 5) is 15.0. The van der Waals surface area contributed by atoms with Crippen molar-refractivity contribution in [2.45, 2.75) is 12.6 Å². The van der Waals surface area contributed by atoms with E-state index >= 15 is 0 Å². The summed E-state index contributed by atoms with van der Waals surface area (Å²) in [5.74, 6) is -0.405. The summed E-state index contributed by atoms with van der Waals surface area (Å²) < 4.78 is 39.3. The van der Waals surface area contributed by atoms with E-state index in [2.05, 4.69) is 9.72 Å². The number of ketones is 1. The molecule has 0 amide bonds. The molecule has 1 aromatic rings. The highest BCUT2D eigenvalue weighted by atomic mass is 19.4. The van der Waals surface area contributed by atoms with Crippen LogP contribution >= 0.6 is 0 Å². The van der Waals surface area contributed by atoms with Crippen LogP contribution in [0.15, 0.2) is 24.5 Å². The second kappa shape index (κ2) is 5.60. The van der Waals surface area contributed by atoms with Crippen LogP contribution in [0.2, 0.25) is 0 Å². The van der Waals surface area contributed by atoms with Crippen molar-refractivity contribution in [2.75, 3.05) is 13.2 Å². The van der Waals surface area contributed by atoms with Crippen LogP contribution in [0.4, 0.5) is 13.2 Å². The zero-order chi connectivity index (χ0) is 12.0. The molecule has 0 unspecified atom stereocenters. The highest BCUT2D eigenvalue weighted by molar-refractivity contribution is 5.81. The van der Waals surface area contributed by atoms with E-state index in [0.717, 1.165) is 0 Å². The lowest BCUT2D eigenvalue weighted by Crippen LogP contribution is -2.21. The van der Waals surface area contributed by atoms with E-state index in [1.807, 2.05) is 0 Å². The molecule has 0 aliphatic heterocycles. The fraction of sp³-hybridized carbons (Fsp3) is 0.400. The Morgan fingerprint density at radius 3 is 2.75 bits per heavy atom. The molecule has 0 bridgehead atoms. The summed E-state index contributed by atoms with van der Waals surface area (Å²) in [6, 6.07) is 3.33. The molecular weight excluding hydrogens is 223 g/mol. The van der Waals surface area contributed by atoms with E-state index < -0.39 is 25.2 Å². The predicted octanol–water partition coefficient (Wildman–Crippen LogP) is 1.77. The number of rotatable bonds is 5. The van der Waals surface area contributed by atoms with E-state index in [-0.39, 0.29) is 6.42 Å². The standard InChI is InChI=1S/C10H10F3NO2/c11-10(12,13)7-16-6-9(15)4-8-2-1-3-14-5-8/h1-3,5H,4,6-7H2. The van der Waals surface area contributed by atoms with Gasteiger partial charge >= 0.3 is 6.18 Å². The van der Waals surface area contributed by atoms with Crippen molar-refractivity contribution >= 4 is 5.78 Å². The molecule has 1 aromatic heterocycles. The van der Waals surface area contributed by atoms with Gasteiger partial charge in [-0.05, 0) is 11.6 Å². The van der Waals surface area contributed by atoms with Crippen LogP contribution in [-0.2, 0) is 16.0 Å². The predicted molar refractivity (Wildman–Crippen MR) is 49.8 cm³/mol. The number of aromatic nitrogens is 1. The first kappa shape index (κ1) is 12.6. The van der Waals surface area contributed by atoms with Gasteiger partial charge in [-0.3, -0.25) is 9.78 Å². The average Bonchev–Trinajstić information content (AvgIpc) is 2.17. The lowest BCUT2D eigenvalue weighted by Gasteiger charge is -2.06. The van der Waals surface area contributed by atoms with Crippen molar-refractivity contribution < 1.29 is 22.7 Å². The number of hydrogen-bond acceptors (Lipinski definition) is 3. The van der Waals surface area contributed by atoms with Crippen molar-refractivity contribution in [3.63, 3.8) is 0 Å². The minimum Gasteiger partial charge on any atom is -0.364 e. The molecule has 0 N–H and O–H groups in total. The normalized spacial score (nSPS) is 11.4. The molecule has 0 atom stereocenters. The van der Waals surface area contributed by atoms with Crippen molar-refractivity contribution in [2.24, 2.45) is 0 Å². The van der Waals surface area contributed by atoms with Crippen molar-refractivity contribution in [1.29, 1.82) is 0 Å². The van der Waals surface area contributed by atoms with Crippen LogP contribution in [0.3, 0.4) is 0 Å². The number of halogens is 3. The maximum Gasteiger partial charge on any atom is 0.411 e. The number of hydrogen-bond donors (Lipinski definition) is 0. The average molecular weight is 233 g/mol. The van der Waals surface area contributed by atoms with Gasteiger partial charge in [0, 0.05) is 18.8 Å². The molecular formula is C10H10F3NO2. The molecule has 0 aliphatic carbocycles. The van der Waals surface area contributed by atoms with Gasteiger partial charge in [0.05, 0.1) is 0 Å². The summed E-state index contributed by atoms with van der Waals surface area (Å²) in [5, 5.41) is 0. The lowest BCUT2D eigenvalue weighted by molar-refractivity contribution is -0.175. The second-order valence-corrected chi connectivity index (χ2v) is 3.18. The maximum atomic E-state index is 11.7. The van der Waals surface area contributed by atoms with E-state index in [4.69, 9.17) is 0 Å². The second-order valence-electron chi connectivity index (χ2n) is 3.18. The molecule has 3 nitrogen and oxygen atoms in total. The Kier molecular flexibility index (Phi) is 4.42. The molecule has 16 heavy (non-hydrogen) atoms. The number of pyridine rings is 1. The number of nitrogens with zero attached hydrogens (tertiary/aromatic N) is 1. The van der Waals surface area contributed by atoms with Gasteiger partial charge in [-0.2, -0.15) is 13.2 Å². The van der Waals surface area contributed by atoms with Crippen LogP contribution in [0.5, 0.6) is 0 Å². The number of carbonyl (C=O) groups is 1. The number of Topliss-reactive ketones (excluding diaryl/α,β-unsaturated/α-hetero) is 1. The first-order chi connectivity index (χ1) is 7.47. The first-order valence-corrected chi connectivity index (χ1v) is 4.52. The highest BCUT2D eigenvalue weighted by Crippen LogP contribution is 2.14. The van der Waals surface area contributed by atoms with Crippen LogP contribution in [0.25, 0.3) is 0 Å². The molecule has 6 heteroatoms. The Morgan fingerprint density at radius 2 is 2.19 bits per heavy atom. The third-order valence-electron chi connectivity index (χ3n) is 1.65. The van der Waals surface area contributed by atoms with E-state index in [1.54, 1.807) is 18.3 Å². The van der Waals surface area contributed by atoms with Gasteiger partial charge in [0.1, 0.15) is 13.2 Å². The SMILES string of the molecule is O=C(COCC(F)(F)F)Cc1cccnc1. The fourth-order valence-corrected chi connectivity index (χ4v) is 1.06. The molecule has 1 rings (SSSR count). The van der Waals surface area contributed by atoms with Crippen LogP contribution in [-0.4, -0.2) is 30.2 Å². The minimum absolute atomic E-state index is 0.0334. The highest BCUT2D eigenvalue weighted by Gasteiger charge is 2.27. The Hall–Kier alpha value is -1.43. The Labute approximate surface area is 90.2 Å². The summed E-state index contributed by atoms with van der Waals surface area (Å²) >= 11 is 0. The Bertz CT molecular complexity index is 338. The molecule has 0 saturated heterocycles. The summed E-state index contributed by atoms with van der Waals surface area (Å²) in [6.45, 7) is -1.93. The molecule has 1 heterocycles. The molecule has 0 aliphatic rings. The third kappa shape index (κ3) is 5.45. The van der Waals surface area contributed by atoms with E-state index in [0.29, 0.717) is 5.56 Å². The quantitative estimate of drug-likeness (QED) is 0.778. The summed E-state index contributed by atoms with van der Waals surface area (Å²) in [5.41, 5.74) is 0.656. The zero-order valence-corrected chi connectivity index (χ0v) is 8.33. The lowest BCUT2D eigenvalue weighted by atomic mass is 10.1. The van der Waals surface area contributed by atoms with Gasteiger partial charge < -0.3 is 4.74 Å². The smallest absolute Gasteiger partial charge is 0.364 e. The molecule has 88 valence electrons. The third-order valence-corrected chi connectivity index (χ3v) is 1.65. The minimum atomic E-state index is -4.39. The van der Waals surface area contributed by atoms with Crippen LogP contribution in [0.1, 0.15) is 5.56 Å². The van der Waals surface area contributed by atoms with Crippen molar-refractivity contribution in [3.8, 4) is 0 Å². The van der Waals surface area contributed by atoms with E-state index in [9.17, 15) is 18.0 Å². The summed E-state index contributed by atoms with van der Waals surface area (Å²) in [7, 11) is 0. The van der Waals surface area contributed by atoms with Gasteiger partial charge in [-0.15, -0.1) is 0 Å². The fourth-order valence-electron chi connectivity index (χ4n) is 1.06. The zero-order valence-electron chi connectivity index (χ0n) is 8.33.